The van der Waals surface area contributed by atoms with E-state index in [-0.39, 0.29) is 11.8 Å². The molecule has 1 unspecified atom stereocenters. The Balaban J connectivity index is 1.47. The van der Waals surface area contributed by atoms with Gasteiger partial charge in [-0.15, -0.1) is 0 Å². The first-order valence-corrected chi connectivity index (χ1v) is 11.1. The van der Waals surface area contributed by atoms with Gasteiger partial charge in [-0.25, -0.2) is 4.79 Å². The summed E-state index contributed by atoms with van der Waals surface area (Å²) in [6.45, 7) is 0.604. The van der Waals surface area contributed by atoms with E-state index >= 15 is 0 Å². The number of hydrogen-bond donors (Lipinski definition) is 0. The van der Waals surface area contributed by atoms with Crippen LogP contribution in [0.1, 0.15) is 32.6 Å². The van der Waals surface area contributed by atoms with Crippen LogP contribution in [0, 0.1) is 0 Å². The van der Waals surface area contributed by atoms with Gasteiger partial charge in [0.15, 0.2) is 5.60 Å². The Bertz CT molecular complexity index is 1170. The van der Waals surface area contributed by atoms with Gasteiger partial charge in [-0.1, -0.05) is 54.6 Å². The number of rotatable bonds is 3. The maximum Gasteiger partial charge on any atom is 0.414 e. The maximum atomic E-state index is 13.7. The van der Waals surface area contributed by atoms with E-state index in [1.807, 2.05) is 48.5 Å². The highest BCUT2D eigenvalue weighted by molar-refractivity contribution is 14.1. The SMILES string of the molecule is O=C1OC[C@@H](Cc2ccccc2)N1C1=C(I)COC12C(=O)c1ccc2c2c1C=CC2. The third-order valence-corrected chi connectivity index (χ3v) is 7.25. The predicted octanol–water partition coefficient (Wildman–Crippen LogP) is 4.39. The summed E-state index contributed by atoms with van der Waals surface area (Å²) in [7, 11) is 0. The molecule has 0 radical (unpaired) electrons. The standard InChI is InChI=1S/C24H18INO4/c25-20-13-30-24(19-10-9-18(22(24)27)16-7-4-8-17(16)19)21(20)26-15(12-29-23(26)28)11-14-5-2-1-3-6-14/h1-7,9-10,15H,8,11-13H2/t15-,24?/m1/s1. The van der Waals surface area contributed by atoms with Crippen LogP contribution in [0.5, 0.6) is 0 Å². The molecule has 1 spiro atoms. The Kier molecular flexibility index (Phi) is 3.98. The van der Waals surface area contributed by atoms with Crippen molar-refractivity contribution < 1.29 is 19.1 Å². The highest BCUT2D eigenvalue weighted by Gasteiger charge is 2.59. The van der Waals surface area contributed by atoms with Crippen molar-refractivity contribution in [1.82, 2.24) is 4.90 Å². The predicted molar refractivity (Wildman–Crippen MR) is 119 cm³/mol. The number of carbonyl (C=O) groups is 2. The Morgan fingerprint density at radius 3 is 2.80 bits per heavy atom. The molecule has 2 bridgehead atoms. The van der Waals surface area contributed by atoms with Gasteiger partial charge in [0, 0.05) is 14.7 Å². The average Bonchev–Trinajstić information content (AvgIpc) is 3.46. The van der Waals surface area contributed by atoms with Crippen molar-refractivity contribution in [2.24, 2.45) is 0 Å². The average molecular weight is 511 g/mol. The van der Waals surface area contributed by atoms with Gasteiger partial charge in [0.2, 0.25) is 5.78 Å². The number of Topliss-reactive ketones (excluding diaryl/α,β-unsaturated/α-hetero) is 1. The Hall–Kier alpha value is -2.45. The number of amides is 1. The van der Waals surface area contributed by atoms with Gasteiger partial charge in [-0.05, 0) is 52.1 Å². The largest absolute Gasteiger partial charge is 0.447 e. The lowest BCUT2D eigenvalue weighted by atomic mass is 9.72. The van der Waals surface area contributed by atoms with Crippen LogP contribution in [0.15, 0.2) is 57.8 Å². The van der Waals surface area contributed by atoms with Crippen LogP contribution in [-0.4, -0.2) is 36.0 Å². The Morgan fingerprint density at radius 2 is 1.97 bits per heavy atom. The summed E-state index contributed by atoms with van der Waals surface area (Å²) >= 11 is 2.21. The van der Waals surface area contributed by atoms with E-state index in [0.29, 0.717) is 30.9 Å². The zero-order chi connectivity index (χ0) is 20.5. The number of ketones is 1. The van der Waals surface area contributed by atoms with Gasteiger partial charge in [0.05, 0.1) is 18.3 Å². The molecular weight excluding hydrogens is 493 g/mol. The van der Waals surface area contributed by atoms with Crippen molar-refractivity contribution in [3.05, 3.63) is 85.6 Å². The molecule has 0 N–H and O–H groups in total. The summed E-state index contributed by atoms with van der Waals surface area (Å²) in [4.78, 5) is 28.3. The maximum absolute atomic E-state index is 13.7. The number of hydrogen-bond acceptors (Lipinski definition) is 4. The van der Waals surface area contributed by atoms with Crippen LogP contribution < -0.4 is 0 Å². The van der Waals surface area contributed by atoms with Crippen molar-refractivity contribution in [3.63, 3.8) is 0 Å². The highest BCUT2D eigenvalue weighted by atomic mass is 127. The molecule has 150 valence electrons. The summed E-state index contributed by atoms with van der Waals surface area (Å²) < 4.78 is 12.6. The van der Waals surface area contributed by atoms with E-state index in [1.54, 1.807) is 4.90 Å². The summed E-state index contributed by atoms with van der Waals surface area (Å²) in [5, 5.41) is 0. The molecule has 1 fully saturated rings. The van der Waals surface area contributed by atoms with E-state index in [0.717, 1.165) is 32.3 Å². The van der Waals surface area contributed by atoms with Crippen molar-refractivity contribution in [2.45, 2.75) is 24.5 Å². The Labute approximate surface area is 187 Å². The van der Waals surface area contributed by atoms with Crippen LogP contribution in [0.4, 0.5) is 4.79 Å². The molecule has 2 atom stereocenters. The van der Waals surface area contributed by atoms with Gasteiger partial charge < -0.3 is 9.47 Å². The molecular formula is C24H18INO4. The zero-order valence-electron chi connectivity index (χ0n) is 16.1. The highest BCUT2D eigenvalue weighted by Crippen LogP contribution is 2.53. The fourth-order valence-corrected chi connectivity index (χ4v) is 5.95. The minimum atomic E-state index is -1.25. The first-order chi connectivity index (χ1) is 14.6. The molecule has 7 rings (SSSR count). The van der Waals surface area contributed by atoms with E-state index in [1.165, 1.54) is 0 Å². The second kappa shape index (κ2) is 6.52. The molecule has 2 aromatic carbocycles. The van der Waals surface area contributed by atoms with E-state index in [4.69, 9.17) is 9.47 Å². The molecule has 3 aliphatic carbocycles. The number of ether oxygens (including phenoxy) is 2. The topological polar surface area (TPSA) is 55.8 Å². The molecule has 1 saturated heterocycles. The summed E-state index contributed by atoms with van der Waals surface area (Å²) in [6.07, 6.45) is 5.12. The van der Waals surface area contributed by atoms with Crippen LogP contribution in [-0.2, 0) is 27.9 Å². The van der Waals surface area contributed by atoms with Crippen molar-refractivity contribution in [1.29, 1.82) is 0 Å². The number of nitrogens with zero attached hydrogens (tertiary/aromatic N) is 1. The van der Waals surface area contributed by atoms with Gasteiger partial charge in [-0.2, -0.15) is 0 Å². The summed E-state index contributed by atoms with van der Waals surface area (Å²) in [6, 6.07) is 13.7. The number of halogens is 1. The molecule has 6 heteroatoms. The summed E-state index contributed by atoms with van der Waals surface area (Å²) in [5.41, 5.74) is 4.18. The number of benzene rings is 2. The first-order valence-electron chi connectivity index (χ1n) is 10.0. The van der Waals surface area contributed by atoms with Crippen molar-refractivity contribution >= 4 is 40.5 Å². The molecule has 2 heterocycles. The minimum Gasteiger partial charge on any atom is -0.447 e. The second-order valence-corrected chi connectivity index (χ2v) is 9.30. The lowest BCUT2D eigenvalue weighted by Gasteiger charge is -2.40. The number of cyclic esters (lactones) is 1. The van der Waals surface area contributed by atoms with E-state index < -0.39 is 11.7 Å². The zero-order valence-corrected chi connectivity index (χ0v) is 18.2. The number of allylic oxidation sites excluding steroid dienone is 1. The third kappa shape index (κ3) is 2.32. The second-order valence-electron chi connectivity index (χ2n) is 8.00. The van der Waals surface area contributed by atoms with Crippen LogP contribution >= 0.6 is 22.6 Å². The third-order valence-electron chi connectivity index (χ3n) is 6.43. The Morgan fingerprint density at radius 1 is 1.13 bits per heavy atom. The molecule has 30 heavy (non-hydrogen) atoms. The lowest BCUT2D eigenvalue weighted by Crippen LogP contribution is -2.50. The van der Waals surface area contributed by atoms with Crippen LogP contribution in [0.25, 0.3) is 6.08 Å². The molecule has 5 aliphatic rings. The molecule has 2 aromatic rings. The van der Waals surface area contributed by atoms with E-state index in [2.05, 4.69) is 28.7 Å². The van der Waals surface area contributed by atoms with Crippen molar-refractivity contribution in [2.75, 3.05) is 13.2 Å². The fraction of sp³-hybridized carbons (Fsp3) is 0.250. The molecule has 5 nitrogen and oxygen atoms in total. The summed E-state index contributed by atoms with van der Waals surface area (Å²) in [5.74, 6) is -0.0786. The fourth-order valence-electron chi connectivity index (χ4n) is 5.16. The minimum absolute atomic E-state index is 0.0786. The van der Waals surface area contributed by atoms with Gasteiger partial charge in [0.1, 0.15) is 6.61 Å². The van der Waals surface area contributed by atoms with E-state index in [9.17, 15) is 9.59 Å². The van der Waals surface area contributed by atoms with Gasteiger partial charge in [0.25, 0.3) is 0 Å². The normalized spacial score (nSPS) is 26.3. The van der Waals surface area contributed by atoms with Crippen LogP contribution in [0.3, 0.4) is 0 Å². The molecule has 0 aromatic heterocycles. The molecule has 0 saturated carbocycles. The monoisotopic (exact) mass is 511 g/mol. The molecule has 1 amide bonds. The quantitative estimate of drug-likeness (QED) is 0.574. The molecule has 2 aliphatic heterocycles. The first kappa shape index (κ1) is 18.3. The smallest absolute Gasteiger partial charge is 0.414 e. The number of fused-ring (bicyclic) bond motifs is 1. The van der Waals surface area contributed by atoms with Crippen LogP contribution in [0.2, 0.25) is 0 Å². The number of carbonyl (C=O) groups excluding carboxylic acids is 2. The van der Waals surface area contributed by atoms with Gasteiger partial charge >= 0.3 is 6.09 Å². The lowest BCUT2D eigenvalue weighted by molar-refractivity contribution is 0.00560. The van der Waals surface area contributed by atoms with Gasteiger partial charge in [-0.3, -0.25) is 9.69 Å². The van der Waals surface area contributed by atoms with Crippen molar-refractivity contribution in [3.8, 4) is 0 Å².